The lowest BCUT2D eigenvalue weighted by Gasteiger charge is -2.06. The number of aromatic hydroxyl groups is 1. The summed E-state index contributed by atoms with van der Waals surface area (Å²) in [4.78, 5) is 23.9. The zero-order valence-corrected chi connectivity index (χ0v) is 16.3. The highest BCUT2D eigenvalue weighted by atomic mass is 16.5. The Bertz CT molecular complexity index is 1050. The molecule has 2 N–H and O–H groups in total. The van der Waals surface area contributed by atoms with E-state index in [1.165, 1.54) is 4.57 Å². The van der Waals surface area contributed by atoms with Gasteiger partial charge in [0.1, 0.15) is 6.54 Å². The van der Waals surface area contributed by atoms with Crippen LogP contribution in [0, 0.1) is 6.92 Å². The molecule has 0 unspecified atom stereocenters. The van der Waals surface area contributed by atoms with Gasteiger partial charge in [0.2, 0.25) is 5.88 Å². The van der Waals surface area contributed by atoms with Crippen LogP contribution in [0.2, 0.25) is 0 Å². The Kier molecular flexibility index (Phi) is 6.23. The van der Waals surface area contributed by atoms with Crippen molar-refractivity contribution in [3.8, 4) is 5.88 Å². The SMILES string of the molecule is CCOC(=O)Cn1c(O)c(N=NC(=O)CNc2ccc(C)cc2)c2ccccc21. The van der Waals surface area contributed by atoms with Crippen LogP contribution < -0.4 is 5.32 Å². The molecule has 2 aromatic carbocycles. The van der Waals surface area contributed by atoms with Crippen molar-refractivity contribution < 1.29 is 19.4 Å². The van der Waals surface area contributed by atoms with Gasteiger partial charge in [-0.3, -0.25) is 14.2 Å². The summed E-state index contributed by atoms with van der Waals surface area (Å²) >= 11 is 0. The summed E-state index contributed by atoms with van der Waals surface area (Å²) in [5.41, 5.74) is 2.65. The van der Waals surface area contributed by atoms with Gasteiger partial charge in [-0.15, -0.1) is 10.2 Å². The molecule has 1 amide bonds. The molecule has 8 nitrogen and oxygen atoms in total. The Balaban J connectivity index is 1.78. The Morgan fingerprint density at radius 1 is 1.14 bits per heavy atom. The highest BCUT2D eigenvalue weighted by molar-refractivity contribution is 5.96. The molecule has 0 radical (unpaired) electrons. The first-order valence-corrected chi connectivity index (χ1v) is 9.20. The molecule has 0 spiro atoms. The first-order valence-electron chi connectivity index (χ1n) is 9.20. The van der Waals surface area contributed by atoms with Crippen molar-refractivity contribution >= 4 is 34.2 Å². The zero-order chi connectivity index (χ0) is 20.8. The number of carbonyl (C=O) groups excluding carboxylic acids is 2. The third-order valence-corrected chi connectivity index (χ3v) is 4.27. The second-order valence-electron chi connectivity index (χ2n) is 6.39. The maximum Gasteiger partial charge on any atom is 0.326 e. The highest BCUT2D eigenvalue weighted by Gasteiger charge is 2.19. The fourth-order valence-corrected chi connectivity index (χ4v) is 2.86. The number of nitrogens with zero attached hydrogens (tertiary/aromatic N) is 3. The maximum atomic E-state index is 12.1. The number of benzene rings is 2. The molecule has 0 fully saturated rings. The fourth-order valence-electron chi connectivity index (χ4n) is 2.86. The van der Waals surface area contributed by atoms with Crippen molar-refractivity contribution in [3.63, 3.8) is 0 Å². The van der Waals surface area contributed by atoms with Crippen LogP contribution in [-0.2, 0) is 20.9 Å². The van der Waals surface area contributed by atoms with E-state index >= 15 is 0 Å². The number of azo groups is 1. The molecular formula is C21H22N4O4. The van der Waals surface area contributed by atoms with Crippen molar-refractivity contribution in [1.82, 2.24) is 4.57 Å². The molecule has 0 atom stereocenters. The molecule has 150 valence electrons. The fraction of sp³-hybridized carbons (Fsp3) is 0.238. The van der Waals surface area contributed by atoms with Crippen LogP contribution >= 0.6 is 0 Å². The molecule has 1 heterocycles. The first kappa shape index (κ1) is 20.1. The van der Waals surface area contributed by atoms with Crippen LogP contribution in [0.5, 0.6) is 5.88 Å². The van der Waals surface area contributed by atoms with Gasteiger partial charge in [-0.2, -0.15) is 0 Å². The van der Waals surface area contributed by atoms with Gasteiger partial charge in [0.15, 0.2) is 5.69 Å². The van der Waals surface area contributed by atoms with Gasteiger partial charge in [0.05, 0.1) is 18.7 Å². The molecular weight excluding hydrogens is 372 g/mol. The monoisotopic (exact) mass is 394 g/mol. The van der Waals surface area contributed by atoms with E-state index < -0.39 is 11.9 Å². The van der Waals surface area contributed by atoms with Gasteiger partial charge in [0.25, 0.3) is 5.91 Å². The van der Waals surface area contributed by atoms with Crippen molar-refractivity contribution in [3.05, 3.63) is 54.1 Å². The van der Waals surface area contributed by atoms with Crippen molar-refractivity contribution in [2.75, 3.05) is 18.5 Å². The molecule has 1 aromatic heterocycles. The molecule has 29 heavy (non-hydrogen) atoms. The summed E-state index contributed by atoms with van der Waals surface area (Å²) in [5.74, 6) is -1.22. The summed E-state index contributed by atoms with van der Waals surface area (Å²) in [6.07, 6.45) is 0. The lowest BCUT2D eigenvalue weighted by atomic mass is 10.2. The molecule has 0 saturated heterocycles. The van der Waals surface area contributed by atoms with Gasteiger partial charge in [0, 0.05) is 11.1 Å². The number of aromatic nitrogens is 1. The van der Waals surface area contributed by atoms with E-state index in [1.807, 2.05) is 31.2 Å². The minimum atomic E-state index is -0.493. The summed E-state index contributed by atoms with van der Waals surface area (Å²) in [5, 5.41) is 21.8. The number of fused-ring (bicyclic) bond motifs is 1. The van der Waals surface area contributed by atoms with Crippen LogP contribution in [0.3, 0.4) is 0 Å². The van der Waals surface area contributed by atoms with Gasteiger partial charge >= 0.3 is 5.97 Å². The van der Waals surface area contributed by atoms with Crippen molar-refractivity contribution in [2.45, 2.75) is 20.4 Å². The standard InChI is InChI=1S/C21H22N4O4/c1-3-29-19(27)13-25-17-7-5-4-6-16(17)20(21(25)28)24-23-18(26)12-22-15-10-8-14(2)9-11-15/h4-11,22,28H,3,12-13H2,1-2H3. The second-order valence-corrected chi connectivity index (χ2v) is 6.39. The Hall–Kier alpha value is -3.68. The number of amides is 1. The van der Waals surface area contributed by atoms with E-state index in [0.717, 1.165) is 11.3 Å². The average molecular weight is 394 g/mol. The minimum Gasteiger partial charge on any atom is -0.493 e. The number of para-hydroxylation sites is 1. The number of aryl methyl sites for hydroxylation is 1. The predicted octanol–water partition coefficient (Wildman–Crippen LogP) is 3.94. The van der Waals surface area contributed by atoms with Gasteiger partial charge < -0.3 is 15.2 Å². The van der Waals surface area contributed by atoms with Crippen LogP contribution in [0.25, 0.3) is 10.9 Å². The normalized spacial score (nSPS) is 11.1. The maximum absolute atomic E-state index is 12.1. The highest BCUT2D eigenvalue weighted by Crippen LogP contribution is 2.38. The van der Waals surface area contributed by atoms with Crippen molar-refractivity contribution in [2.24, 2.45) is 10.2 Å². The predicted molar refractivity (Wildman–Crippen MR) is 109 cm³/mol. The van der Waals surface area contributed by atoms with E-state index in [-0.39, 0.29) is 31.3 Å². The van der Waals surface area contributed by atoms with E-state index in [0.29, 0.717) is 10.9 Å². The second kappa shape index (κ2) is 9.01. The van der Waals surface area contributed by atoms with E-state index in [4.69, 9.17) is 4.74 Å². The van der Waals surface area contributed by atoms with Gasteiger partial charge in [-0.1, -0.05) is 35.9 Å². The average Bonchev–Trinajstić information content (AvgIpc) is 2.97. The smallest absolute Gasteiger partial charge is 0.326 e. The third kappa shape index (κ3) is 4.78. The number of carbonyl (C=O) groups is 2. The Labute approximate surface area is 167 Å². The number of hydrogen-bond donors (Lipinski definition) is 2. The molecule has 0 saturated carbocycles. The number of hydrogen-bond acceptors (Lipinski definition) is 6. The van der Waals surface area contributed by atoms with E-state index in [1.54, 1.807) is 31.2 Å². The molecule has 3 aromatic rings. The summed E-state index contributed by atoms with van der Waals surface area (Å²) in [7, 11) is 0. The number of ether oxygens (including phenoxy) is 1. The molecule has 0 aliphatic rings. The molecule has 3 rings (SSSR count). The van der Waals surface area contributed by atoms with Crippen molar-refractivity contribution in [1.29, 1.82) is 0 Å². The largest absolute Gasteiger partial charge is 0.493 e. The lowest BCUT2D eigenvalue weighted by molar-refractivity contribution is -0.143. The Morgan fingerprint density at radius 3 is 2.59 bits per heavy atom. The molecule has 0 aliphatic heterocycles. The van der Waals surface area contributed by atoms with Crippen LogP contribution in [-0.4, -0.2) is 34.7 Å². The number of esters is 1. The van der Waals surface area contributed by atoms with Crippen LogP contribution in [0.15, 0.2) is 58.8 Å². The summed E-state index contributed by atoms with van der Waals surface area (Å²) < 4.78 is 6.34. The van der Waals surface area contributed by atoms with Gasteiger partial charge in [-0.25, -0.2) is 0 Å². The number of nitrogens with one attached hydrogen (secondary N) is 1. The minimum absolute atomic E-state index is 0.0329. The van der Waals surface area contributed by atoms with Crippen LogP contribution in [0.4, 0.5) is 11.4 Å². The summed E-state index contributed by atoms with van der Waals surface area (Å²) in [6.45, 7) is 3.73. The zero-order valence-electron chi connectivity index (χ0n) is 16.3. The van der Waals surface area contributed by atoms with Gasteiger partial charge in [-0.05, 0) is 32.0 Å². The van der Waals surface area contributed by atoms with Crippen LogP contribution in [0.1, 0.15) is 12.5 Å². The molecule has 0 aliphatic carbocycles. The van der Waals surface area contributed by atoms with E-state index in [2.05, 4.69) is 15.5 Å². The molecule has 0 bridgehead atoms. The number of rotatable bonds is 7. The first-order chi connectivity index (χ1) is 14.0. The lowest BCUT2D eigenvalue weighted by Crippen LogP contribution is -2.12. The number of anilines is 1. The summed E-state index contributed by atoms with van der Waals surface area (Å²) in [6, 6.07) is 14.6. The third-order valence-electron chi connectivity index (χ3n) is 4.27. The topological polar surface area (TPSA) is 105 Å². The van der Waals surface area contributed by atoms with E-state index in [9.17, 15) is 14.7 Å². The Morgan fingerprint density at radius 2 is 1.86 bits per heavy atom. The quantitative estimate of drug-likeness (QED) is 0.466. The molecule has 8 heteroatoms.